The van der Waals surface area contributed by atoms with Crippen molar-refractivity contribution in [1.82, 2.24) is 0 Å². The highest BCUT2D eigenvalue weighted by Crippen LogP contribution is 2.18. The molecule has 1 rings (SSSR count). The molecule has 18 heavy (non-hydrogen) atoms. The molecule has 1 N–H and O–H groups in total. The minimum absolute atomic E-state index is 0.103. The summed E-state index contributed by atoms with van der Waals surface area (Å²) in [6.45, 7) is 1.68. The number of para-hydroxylation sites is 1. The normalized spacial score (nSPS) is 10.7. The van der Waals surface area contributed by atoms with Crippen LogP contribution in [0.2, 0.25) is 0 Å². The van der Waals surface area contributed by atoms with Crippen LogP contribution in [0.25, 0.3) is 0 Å². The monoisotopic (exact) mass is 252 g/mol. The lowest BCUT2D eigenvalue weighted by Crippen LogP contribution is -2.08. The second kappa shape index (κ2) is 6.35. The average molecular weight is 252 g/mol. The number of ether oxygens (including phenoxy) is 1. The van der Waals surface area contributed by atoms with Crippen LogP contribution in [0.1, 0.15) is 6.92 Å². The number of halogens is 2. The van der Waals surface area contributed by atoms with Gasteiger partial charge < -0.3 is 10.1 Å². The Hall–Kier alpha value is -2.42. The molecule has 0 saturated heterocycles. The van der Waals surface area contributed by atoms with E-state index >= 15 is 0 Å². The molecule has 0 aliphatic rings. The van der Waals surface area contributed by atoms with E-state index in [0.717, 1.165) is 18.3 Å². The summed E-state index contributed by atoms with van der Waals surface area (Å²) in [7, 11) is 0. The third-order valence-electron chi connectivity index (χ3n) is 1.94. The number of carbonyl (C=O) groups excluding carboxylic acids is 1. The number of hydrogen-bond donors (Lipinski definition) is 1. The first-order chi connectivity index (χ1) is 8.60. The Balaban J connectivity index is 2.91. The maximum Gasteiger partial charge on any atom is 0.350 e. The van der Waals surface area contributed by atoms with Gasteiger partial charge in [0, 0.05) is 6.20 Å². The summed E-state index contributed by atoms with van der Waals surface area (Å²) in [6.07, 6.45) is 0.902. The number of esters is 1. The Morgan fingerprint density at radius 3 is 2.61 bits per heavy atom. The number of benzene rings is 1. The topological polar surface area (TPSA) is 62.1 Å². The molecule has 6 heteroatoms. The number of rotatable bonds is 4. The van der Waals surface area contributed by atoms with Gasteiger partial charge in [-0.15, -0.1) is 0 Å². The van der Waals surface area contributed by atoms with E-state index in [1.807, 2.05) is 0 Å². The predicted molar refractivity (Wildman–Crippen MR) is 60.3 cm³/mol. The predicted octanol–water partition coefficient (Wildman–Crippen LogP) is 2.35. The summed E-state index contributed by atoms with van der Waals surface area (Å²) in [4.78, 5) is 11.2. The van der Waals surface area contributed by atoms with Gasteiger partial charge in [0.1, 0.15) is 23.4 Å². The van der Waals surface area contributed by atoms with Gasteiger partial charge in [-0.05, 0) is 19.1 Å². The number of hydrogen-bond acceptors (Lipinski definition) is 4. The molecule has 0 aliphatic carbocycles. The van der Waals surface area contributed by atoms with Crippen LogP contribution in [0, 0.1) is 23.0 Å². The molecule has 0 radical (unpaired) electrons. The van der Waals surface area contributed by atoms with Crippen molar-refractivity contribution in [2.75, 3.05) is 11.9 Å². The van der Waals surface area contributed by atoms with Crippen LogP contribution in [0.5, 0.6) is 0 Å². The lowest BCUT2D eigenvalue weighted by molar-refractivity contribution is -0.138. The maximum absolute atomic E-state index is 13.2. The largest absolute Gasteiger partial charge is 0.462 e. The molecule has 0 amide bonds. The lowest BCUT2D eigenvalue weighted by Gasteiger charge is -2.05. The van der Waals surface area contributed by atoms with Gasteiger partial charge in [-0.3, -0.25) is 0 Å². The van der Waals surface area contributed by atoms with Gasteiger partial charge >= 0.3 is 5.97 Å². The van der Waals surface area contributed by atoms with E-state index in [2.05, 4.69) is 10.1 Å². The summed E-state index contributed by atoms with van der Waals surface area (Å²) in [5.41, 5.74) is -0.811. The minimum Gasteiger partial charge on any atom is -0.462 e. The molecular formula is C12H10F2N2O2. The van der Waals surface area contributed by atoms with Gasteiger partial charge in [0.25, 0.3) is 0 Å². The molecule has 0 saturated carbocycles. The highest BCUT2D eigenvalue weighted by molar-refractivity contribution is 5.93. The van der Waals surface area contributed by atoms with Crippen LogP contribution in [0.3, 0.4) is 0 Å². The summed E-state index contributed by atoms with van der Waals surface area (Å²) in [5.74, 6) is -2.51. The number of nitriles is 1. The molecule has 1 aromatic rings. The summed E-state index contributed by atoms with van der Waals surface area (Å²) >= 11 is 0. The van der Waals surface area contributed by atoms with Gasteiger partial charge in [-0.2, -0.15) is 5.26 Å². The molecule has 4 nitrogen and oxygen atoms in total. The van der Waals surface area contributed by atoms with E-state index in [0.29, 0.717) is 0 Å². The number of carbonyl (C=O) groups is 1. The fourth-order valence-electron chi connectivity index (χ4n) is 1.13. The summed E-state index contributed by atoms with van der Waals surface area (Å²) in [6, 6.07) is 4.88. The van der Waals surface area contributed by atoms with Crippen LogP contribution in [-0.4, -0.2) is 12.6 Å². The fourth-order valence-corrected chi connectivity index (χ4v) is 1.13. The van der Waals surface area contributed by atoms with Gasteiger partial charge in [-0.25, -0.2) is 13.6 Å². The standard InChI is InChI=1S/C12H10F2N2O2/c1-2-18-12(17)8(6-15)7-16-11-9(13)4-3-5-10(11)14/h3-5,7,16H,2H2,1H3. The molecule has 0 spiro atoms. The zero-order chi connectivity index (χ0) is 13.5. The Morgan fingerprint density at radius 1 is 1.50 bits per heavy atom. The van der Waals surface area contributed by atoms with Crippen molar-refractivity contribution in [2.45, 2.75) is 6.92 Å². The lowest BCUT2D eigenvalue weighted by atomic mass is 10.2. The van der Waals surface area contributed by atoms with Gasteiger partial charge in [0.2, 0.25) is 0 Å². The first kappa shape index (κ1) is 13.6. The molecule has 0 aromatic heterocycles. The van der Waals surface area contributed by atoms with Crippen molar-refractivity contribution in [3.05, 3.63) is 41.6 Å². The second-order valence-corrected chi connectivity index (χ2v) is 3.13. The SMILES string of the molecule is CCOC(=O)C(C#N)=CNc1c(F)cccc1F. The van der Waals surface area contributed by atoms with Crippen molar-refractivity contribution < 1.29 is 18.3 Å². The van der Waals surface area contributed by atoms with Crippen LogP contribution in [0.15, 0.2) is 30.0 Å². The summed E-state index contributed by atoms with van der Waals surface area (Å²) < 4.78 is 31.0. The first-order valence-electron chi connectivity index (χ1n) is 5.08. The van der Waals surface area contributed by atoms with Gasteiger partial charge in [-0.1, -0.05) is 6.07 Å². The van der Waals surface area contributed by atoms with Gasteiger partial charge in [0.05, 0.1) is 6.61 Å². The van der Waals surface area contributed by atoms with Crippen molar-refractivity contribution in [1.29, 1.82) is 5.26 Å². The van der Waals surface area contributed by atoms with E-state index < -0.39 is 23.3 Å². The second-order valence-electron chi connectivity index (χ2n) is 3.13. The zero-order valence-corrected chi connectivity index (χ0v) is 9.54. The fraction of sp³-hybridized carbons (Fsp3) is 0.167. The van der Waals surface area contributed by atoms with Crippen molar-refractivity contribution in [2.24, 2.45) is 0 Å². The highest BCUT2D eigenvalue weighted by Gasteiger charge is 2.11. The highest BCUT2D eigenvalue weighted by atomic mass is 19.1. The molecule has 1 aromatic carbocycles. The van der Waals surface area contributed by atoms with E-state index in [1.54, 1.807) is 13.0 Å². The van der Waals surface area contributed by atoms with Crippen molar-refractivity contribution in [3.63, 3.8) is 0 Å². The molecule has 0 heterocycles. The van der Waals surface area contributed by atoms with Crippen molar-refractivity contribution in [3.8, 4) is 6.07 Å². The minimum atomic E-state index is -0.857. The maximum atomic E-state index is 13.2. The first-order valence-corrected chi connectivity index (χ1v) is 5.08. The molecule has 0 bridgehead atoms. The van der Waals surface area contributed by atoms with Gasteiger partial charge in [0.15, 0.2) is 5.57 Å². The Bertz CT molecular complexity index is 501. The summed E-state index contributed by atoms with van der Waals surface area (Å²) in [5, 5.41) is 10.9. The smallest absolute Gasteiger partial charge is 0.350 e. The molecule has 0 unspecified atom stereocenters. The quantitative estimate of drug-likeness (QED) is 0.507. The van der Waals surface area contributed by atoms with E-state index in [-0.39, 0.29) is 12.2 Å². The van der Waals surface area contributed by atoms with Crippen LogP contribution in [-0.2, 0) is 9.53 Å². The molecule has 0 fully saturated rings. The Labute approximate surface area is 102 Å². The molecule has 0 aliphatic heterocycles. The number of anilines is 1. The third-order valence-corrected chi connectivity index (χ3v) is 1.94. The molecule has 0 atom stereocenters. The number of nitrogens with zero attached hydrogens (tertiary/aromatic N) is 1. The average Bonchev–Trinajstić information content (AvgIpc) is 2.33. The van der Waals surface area contributed by atoms with E-state index in [1.165, 1.54) is 6.07 Å². The molecule has 94 valence electrons. The molecular weight excluding hydrogens is 242 g/mol. The zero-order valence-electron chi connectivity index (χ0n) is 9.54. The van der Waals surface area contributed by atoms with Crippen LogP contribution in [0.4, 0.5) is 14.5 Å². The third kappa shape index (κ3) is 3.28. The Morgan fingerprint density at radius 2 is 2.11 bits per heavy atom. The number of nitrogens with one attached hydrogen (secondary N) is 1. The van der Waals surface area contributed by atoms with Crippen LogP contribution >= 0.6 is 0 Å². The Kier molecular flexibility index (Phi) is 4.81. The van der Waals surface area contributed by atoms with Crippen molar-refractivity contribution >= 4 is 11.7 Å². The van der Waals surface area contributed by atoms with E-state index in [4.69, 9.17) is 5.26 Å². The van der Waals surface area contributed by atoms with E-state index in [9.17, 15) is 13.6 Å². The van der Waals surface area contributed by atoms with Crippen LogP contribution < -0.4 is 5.32 Å².